The zero-order chi connectivity index (χ0) is 28.6. The molecule has 0 bridgehead atoms. The highest BCUT2D eigenvalue weighted by atomic mass is 32.2. The Balaban J connectivity index is 1.69. The molecular weight excluding hydrogens is 533 g/mol. The third-order valence-corrected chi connectivity index (χ3v) is 8.16. The van der Waals surface area contributed by atoms with Gasteiger partial charge < -0.3 is 14.8 Å². The summed E-state index contributed by atoms with van der Waals surface area (Å²) in [5, 5.41) is 2.86. The molecule has 0 radical (unpaired) electrons. The second-order valence-electron chi connectivity index (χ2n) is 9.96. The van der Waals surface area contributed by atoms with Crippen LogP contribution in [0.1, 0.15) is 43.0 Å². The third kappa shape index (κ3) is 6.30. The second-order valence-corrected chi connectivity index (χ2v) is 11.8. The maximum absolute atomic E-state index is 13.6. The van der Waals surface area contributed by atoms with E-state index in [0.717, 1.165) is 23.8 Å². The van der Waals surface area contributed by atoms with Crippen LogP contribution in [0.2, 0.25) is 0 Å². The number of alkyl halides is 3. The summed E-state index contributed by atoms with van der Waals surface area (Å²) in [6, 6.07) is 14.4. The minimum atomic E-state index is -4.70. The van der Waals surface area contributed by atoms with E-state index in [1.54, 1.807) is 37.3 Å². The van der Waals surface area contributed by atoms with Gasteiger partial charge >= 0.3 is 6.18 Å². The number of ether oxygens (including phenoxy) is 2. The normalized spacial score (nSPS) is 16.5. The number of methoxy groups -OCH3 is 1. The van der Waals surface area contributed by atoms with Crippen molar-refractivity contribution in [2.24, 2.45) is 0 Å². The fourth-order valence-corrected chi connectivity index (χ4v) is 5.86. The SMILES string of the molecule is COc1ccc2c(c1)OC(C)(C)CC2NC(=O)CN(c1cccc(C(F)(F)F)c1)S(=O)(=O)c1ccc(C)cc1. The van der Waals surface area contributed by atoms with Crippen LogP contribution in [0.25, 0.3) is 0 Å². The zero-order valence-corrected chi connectivity index (χ0v) is 22.7. The molecule has 1 unspecified atom stereocenters. The Hall–Kier alpha value is -3.73. The van der Waals surface area contributed by atoms with Crippen molar-refractivity contribution in [3.63, 3.8) is 0 Å². The Kier molecular flexibility index (Phi) is 7.57. The van der Waals surface area contributed by atoms with E-state index < -0.39 is 45.9 Å². The number of sulfonamides is 1. The summed E-state index contributed by atoms with van der Waals surface area (Å²) < 4.78 is 79.7. The standard InChI is InChI=1S/C28H29F3N2O5S/c1-18-8-11-22(12-9-18)39(35,36)33(20-7-5-6-19(14-20)28(29,30)31)17-26(34)32-24-16-27(2,3)38-25-15-21(37-4)10-13-23(24)25/h5-15,24H,16-17H2,1-4H3,(H,32,34). The molecule has 208 valence electrons. The lowest BCUT2D eigenvalue weighted by molar-refractivity contribution is -0.137. The van der Waals surface area contributed by atoms with Gasteiger partial charge in [0, 0.05) is 18.1 Å². The van der Waals surface area contributed by atoms with Crippen molar-refractivity contribution in [2.45, 2.75) is 49.9 Å². The van der Waals surface area contributed by atoms with E-state index in [2.05, 4.69) is 5.32 Å². The molecule has 0 saturated heterocycles. The van der Waals surface area contributed by atoms with Crippen molar-refractivity contribution in [1.29, 1.82) is 0 Å². The van der Waals surface area contributed by atoms with Gasteiger partial charge in [-0.15, -0.1) is 0 Å². The molecule has 39 heavy (non-hydrogen) atoms. The van der Waals surface area contributed by atoms with E-state index in [1.165, 1.54) is 25.3 Å². The van der Waals surface area contributed by atoms with Crippen molar-refractivity contribution in [3.05, 3.63) is 83.4 Å². The number of benzene rings is 3. The number of amides is 1. The number of carbonyl (C=O) groups is 1. The van der Waals surface area contributed by atoms with Gasteiger partial charge in [-0.1, -0.05) is 23.8 Å². The first-order valence-electron chi connectivity index (χ1n) is 12.1. The van der Waals surface area contributed by atoms with Crippen LogP contribution in [0, 0.1) is 6.92 Å². The van der Waals surface area contributed by atoms with Gasteiger partial charge in [0.15, 0.2) is 0 Å². The highest BCUT2D eigenvalue weighted by Gasteiger charge is 2.37. The van der Waals surface area contributed by atoms with Gasteiger partial charge in [0.05, 0.1) is 29.3 Å². The molecule has 1 atom stereocenters. The van der Waals surface area contributed by atoms with Crippen LogP contribution >= 0.6 is 0 Å². The molecule has 1 aliphatic heterocycles. The fourth-order valence-electron chi connectivity index (χ4n) is 4.45. The van der Waals surface area contributed by atoms with Crippen molar-refractivity contribution < 1.29 is 35.9 Å². The molecule has 0 aromatic heterocycles. The Morgan fingerprint density at radius 2 is 1.79 bits per heavy atom. The molecule has 1 N–H and O–H groups in total. The lowest BCUT2D eigenvalue weighted by Gasteiger charge is -2.38. The summed E-state index contributed by atoms with van der Waals surface area (Å²) in [7, 11) is -2.88. The van der Waals surface area contributed by atoms with Crippen molar-refractivity contribution >= 4 is 21.6 Å². The van der Waals surface area contributed by atoms with Crippen molar-refractivity contribution in [1.82, 2.24) is 5.32 Å². The minimum absolute atomic E-state index is 0.150. The van der Waals surface area contributed by atoms with Crippen LogP contribution in [-0.4, -0.2) is 33.6 Å². The molecule has 4 rings (SSSR count). The number of rotatable bonds is 7. The molecule has 11 heteroatoms. The van der Waals surface area contributed by atoms with Crippen LogP contribution in [-0.2, 0) is 21.0 Å². The van der Waals surface area contributed by atoms with Crippen LogP contribution < -0.4 is 19.1 Å². The molecule has 1 amide bonds. The van der Waals surface area contributed by atoms with Crippen molar-refractivity contribution in [3.8, 4) is 11.5 Å². The number of hydrogen-bond acceptors (Lipinski definition) is 5. The summed E-state index contributed by atoms with van der Waals surface area (Å²) in [6.45, 7) is 4.74. The Bertz CT molecular complexity index is 1470. The molecule has 1 heterocycles. The third-order valence-electron chi connectivity index (χ3n) is 6.37. The van der Waals surface area contributed by atoms with E-state index in [-0.39, 0.29) is 10.6 Å². The maximum atomic E-state index is 13.6. The molecular formula is C28H29F3N2O5S. The zero-order valence-electron chi connectivity index (χ0n) is 21.9. The van der Waals surface area contributed by atoms with Gasteiger partial charge in [0.1, 0.15) is 23.6 Å². The Labute approximate surface area is 225 Å². The summed E-state index contributed by atoms with van der Waals surface area (Å²) in [6.07, 6.45) is -4.32. The molecule has 1 aliphatic rings. The molecule has 3 aromatic carbocycles. The van der Waals surface area contributed by atoms with E-state index >= 15 is 0 Å². The second kappa shape index (κ2) is 10.4. The van der Waals surface area contributed by atoms with Crippen LogP contribution in [0.3, 0.4) is 0 Å². The number of nitrogens with one attached hydrogen (secondary N) is 1. The predicted octanol–water partition coefficient (Wildman–Crippen LogP) is 5.64. The van der Waals surface area contributed by atoms with E-state index in [1.807, 2.05) is 13.8 Å². The van der Waals surface area contributed by atoms with Gasteiger partial charge in [-0.2, -0.15) is 13.2 Å². The van der Waals surface area contributed by atoms with E-state index in [0.29, 0.717) is 27.8 Å². The number of fused-ring (bicyclic) bond motifs is 1. The van der Waals surface area contributed by atoms with Crippen LogP contribution in [0.5, 0.6) is 11.5 Å². The number of anilines is 1. The van der Waals surface area contributed by atoms with Gasteiger partial charge in [-0.05, 0) is 63.2 Å². The van der Waals surface area contributed by atoms with Gasteiger partial charge in [0.25, 0.3) is 10.0 Å². The largest absolute Gasteiger partial charge is 0.497 e. The molecule has 0 aliphatic carbocycles. The quantitative estimate of drug-likeness (QED) is 0.403. The summed E-state index contributed by atoms with van der Waals surface area (Å²) in [4.78, 5) is 13.2. The number of halogens is 3. The minimum Gasteiger partial charge on any atom is -0.497 e. The number of aryl methyl sites for hydroxylation is 1. The van der Waals surface area contributed by atoms with E-state index in [4.69, 9.17) is 9.47 Å². The lowest BCUT2D eigenvalue weighted by Crippen LogP contribution is -2.45. The highest BCUT2D eigenvalue weighted by Crippen LogP contribution is 2.41. The van der Waals surface area contributed by atoms with Crippen LogP contribution in [0.15, 0.2) is 71.6 Å². The Morgan fingerprint density at radius 3 is 2.44 bits per heavy atom. The monoisotopic (exact) mass is 562 g/mol. The fraction of sp³-hybridized carbons (Fsp3) is 0.321. The highest BCUT2D eigenvalue weighted by molar-refractivity contribution is 7.92. The van der Waals surface area contributed by atoms with Gasteiger partial charge in [0.2, 0.25) is 5.91 Å². The first-order chi connectivity index (χ1) is 18.2. The maximum Gasteiger partial charge on any atom is 0.416 e. The molecule has 7 nitrogen and oxygen atoms in total. The lowest BCUT2D eigenvalue weighted by atomic mass is 9.89. The number of hydrogen-bond donors (Lipinski definition) is 1. The molecule has 0 spiro atoms. The topological polar surface area (TPSA) is 84.9 Å². The molecule has 3 aromatic rings. The summed E-state index contributed by atoms with van der Waals surface area (Å²) >= 11 is 0. The summed E-state index contributed by atoms with van der Waals surface area (Å²) in [5.41, 5.74) is -0.492. The van der Waals surface area contributed by atoms with Gasteiger partial charge in [-0.3, -0.25) is 9.10 Å². The average molecular weight is 563 g/mol. The molecule has 0 saturated carbocycles. The Morgan fingerprint density at radius 1 is 1.10 bits per heavy atom. The van der Waals surface area contributed by atoms with Gasteiger partial charge in [-0.25, -0.2) is 8.42 Å². The first-order valence-corrected chi connectivity index (χ1v) is 13.6. The number of carbonyl (C=O) groups excluding carboxylic acids is 1. The first kappa shape index (κ1) is 28.3. The predicted molar refractivity (Wildman–Crippen MR) is 140 cm³/mol. The molecule has 0 fully saturated rings. The smallest absolute Gasteiger partial charge is 0.416 e. The van der Waals surface area contributed by atoms with Crippen molar-refractivity contribution in [2.75, 3.05) is 18.0 Å². The van der Waals surface area contributed by atoms with E-state index in [9.17, 15) is 26.4 Å². The summed E-state index contributed by atoms with van der Waals surface area (Å²) in [5.74, 6) is 0.391. The average Bonchev–Trinajstić information content (AvgIpc) is 2.86. The number of nitrogens with zero attached hydrogens (tertiary/aromatic N) is 1. The van der Waals surface area contributed by atoms with Crippen LogP contribution in [0.4, 0.5) is 18.9 Å².